The Kier molecular flexibility index (Phi) is 29.3. The van der Waals surface area contributed by atoms with E-state index in [1.165, 1.54) is 71.6 Å². The summed E-state index contributed by atoms with van der Waals surface area (Å²) in [7, 11) is -3.94. The Morgan fingerprint density at radius 1 is 0.594 bits per heavy atom. The Bertz CT molecular complexity index is 1820. The van der Waals surface area contributed by atoms with Gasteiger partial charge in [-0.05, 0) is 98.0 Å². The fourth-order valence-corrected chi connectivity index (χ4v) is 8.62. The van der Waals surface area contributed by atoms with Crippen molar-refractivity contribution in [3.8, 4) is 0 Å². The van der Waals surface area contributed by atoms with Crippen molar-refractivity contribution in [3.63, 3.8) is 0 Å². The minimum Gasteiger partial charge on any atom is -0.445 e. The first-order valence-electron chi connectivity index (χ1n) is 25.5. The van der Waals surface area contributed by atoms with Crippen LogP contribution in [0.3, 0.4) is 0 Å². The van der Waals surface area contributed by atoms with Gasteiger partial charge in [-0.15, -0.1) is 0 Å². The van der Waals surface area contributed by atoms with Crippen LogP contribution in [0.15, 0.2) is 30.3 Å². The third kappa shape index (κ3) is 29.0. The molecule has 1 aliphatic rings. The highest BCUT2D eigenvalue weighted by atomic mass is 32.2. The lowest BCUT2D eigenvalue weighted by atomic mass is 10.0. The van der Waals surface area contributed by atoms with Crippen LogP contribution in [0.2, 0.25) is 0 Å². The first-order valence-corrected chi connectivity index (χ1v) is 27.0. The van der Waals surface area contributed by atoms with Gasteiger partial charge in [0.15, 0.2) is 0 Å². The standard InChI is InChI=1S/C50H85N7O11S/c1-7-8-9-10-11-12-13-14-15-16-17-18-22-31-43(58)55-41(29-23-26-35-52-49(64)68-50(4,5)6)46(61)54-37(2)44(59)53-38(3)45(60)56-42(47(62)57-69(65,66)40-32-33-40)30-24-25-34-51-48(63)67-36-39-27-20-19-21-28-39/h19-21,27-28,37-38,40-42H,7-18,22-26,29-36H2,1-6H3,(H,51,63)(H,52,64)(H,53,59)(H,54,61)(H,55,58)(H,56,60)(H,57,62)/t37-,38-,41-,42+/m0/s1. The number of ether oxygens (including phenoxy) is 2. The summed E-state index contributed by atoms with van der Waals surface area (Å²) in [6.07, 6.45) is 17.0. The summed E-state index contributed by atoms with van der Waals surface area (Å²) < 4.78 is 37.8. The molecule has 4 atom stereocenters. The zero-order chi connectivity index (χ0) is 51.1. The lowest BCUT2D eigenvalue weighted by Gasteiger charge is -2.24. The molecule has 19 heteroatoms. The average Bonchev–Trinajstić information content (AvgIpc) is 4.15. The molecule has 0 spiro atoms. The van der Waals surface area contributed by atoms with Crippen molar-refractivity contribution in [1.82, 2.24) is 36.6 Å². The van der Waals surface area contributed by atoms with Crippen molar-refractivity contribution in [3.05, 3.63) is 35.9 Å². The van der Waals surface area contributed by atoms with Gasteiger partial charge in [0.05, 0.1) is 5.25 Å². The SMILES string of the molecule is CCCCCCCCCCCCCCCC(=O)N[C@@H](CCCCNC(=O)OC(C)(C)C)C(=O)N[C@@H](C)C(=O)N[C@@H](C)C(=O)N[C@H](CCCCNC(=O)OCc1ccccc1)C(=O)NS(=O)(=O)C1CC1. The van der Waals surface area contributed by atoms with Gasteiger partial charge in [0.25, 0.3) is 5.91 Å². The number of unbranched alkanes of at least 4 members (excludes halogenated alkanes) is 14. The molecule has 69 heavy (non-hydrogen) atoms. The molecule has 1 aliphatic carbocycles. The van der Waals surface area contributed by atoms with Gasteiger partial charge in [-0.25, -0.2) is 18.0 Å². The molecular formula is C50H85N7O11S. The van der Waals surface area contributed by atoms with Crippen LogP contribution < -0.4 is 36.6 Å². The highest BCUT2D eigenvalue weighted by molar-refractivity contribution is 7.90. The molecule has 2 rings (SSSR count). The largest absolute Gasteiger partial charge is 0.445 e. The van der Waals surface area contributed by atoms with E-state index in [1.54, 1.807) is 20.8 Å². The van der Waals surface area contributed by atoms with E-state index in [-0.39, 0.29) is 44.9 Å². The van der Waals surface area contributed by atoms with Gasteiger partial charge in [0.2, 0.25) is 33.7 Å². The van der Waals surface area contributed by atoms with Crippen LogP contribution >= 0.6 is 0 Å². The van der Waals surface area contributed by atoms with Crippen molar-refractivity contribution in [2.24, 2.45) is 0 Å². The van der Waals surface area contributed by atoms with E-state index in [1.807, 2.05) is 30.3 Å². The number of hydrogen-bond acceptors (Lipinski definition) is 11. The molecule has 18 nitrogen and oxygen atoms in total. The molecule has 0 heterocycles. The van der Waals surface area contributed by atoms with Crippen molar-refractivity contribution in [2.75, 3.05) is 13.1 Å². The molecule has 0 radical (unpaired) electrons. The Morgan fingerprint density at radius 3 is 1.59 bits per heavy atom. The number of amides is 7. The van der Waals surface area contributed by atoms with E-state index >= 15 is 0 Å². The highest BCUT2D eigenvalue weighted by Crippen LogP contribution is 2.27. The summed E-state index contributed by atoms with van der Waals surface area (Å²) in [6, 6.07) is 4.55. The fraction of sp³-hybridized carbons (Fsp3) is 0.740. The second-order valence-corrected chi connectivity index (χ2v) is 21.2. The maximum absolute atomic E-state index is 13.6. The van der Waals surface area contributed by atoms with Crippen molar-refractivity contribution in [1.29, 1.82) is 0 Å². The minimum absolute atomic E-state index is 0.0230. The summed E-state index contributed by atoms with van der Waals surface area (Å²) in [5, 5.41) is 15.2. The van der Waals surface area contributed by atoms with Crippen molar-refractivity contribution < 1.29 is 51.5 Å². The number of rotatable bonds is 36. The quantitative estimate of drug-likeness (QED) is 0.0342. The molecule has 0 aliphatic heterocycles. The molecule has 0 aromatic heterocycles. The molecule has 7 N–H and O–H groups in total. The van der Waals surface area contributed by atoms with E-state index in [9.17, 15) is 42.0 Å². The Morgan fingerprint density at radius 2 is 1.07 bits per heavy atom. The first-order chi connectivity index (χ1) is 32.8. The molecule has 0 saturated heterocycles. The minimum atomic E-state index is -3.94. The van der Waals surface area contributed by atoms with Crippen LogP contribution in [0.5, 0.6) is 0 Å². The second-order valence-electron chi connectivity index (χ2n) is 19.3. The van der Waals surface area contributed by atoms with Gasteiger partial charge in [-0.2, -0.15) is 0 Å². The summed E-state index contributed by atoms with van der Waals surface area (Å²) in [5.41, 5.74) is 0.166. The number of carbonyl (C=O) groups excluding carboxylic acids is 7. The summed E-state index contributed by atoms with van der Waals surface area (Å²) in [6.45, 7) is 10.9. The van der Waals surface area contributed by atoms with E-state index in [2.05, 4.69) is 43.5 Å². The van der Waals surface area contributed by atoms with Crippen molar-refractivity contribution >= 4 is 51.7 Å². The van der Waals surface area contributed by atoms with Crippen LogP contribution in [0.25, 0.3) is 0 Å². The van der Waals surface area contributed by atoms with Gasteiger partial charge in [0.1, 0.15) is 36.4 Å². The zero-order valence-corrected chi connectivity index (χ0v) is 43.2. The molecular weight excluding hydrogens is 907 g/mol. The van der Waals surface area contributed by atoms with Crippen LogP contribution in [0.1, 0.15) is 188 Å². The molecule has 0 unspecified atom stereocenters. The number of sulfonamides is 1. The monoisotopic (exact) mass is 992 g/mol. The Balaban J connectivity index is 1.91. The number of carbonyl (C=O) groups is 7. The van der Waals surface area contributed by atoms with Crippen LogP contribution in [-0.4, -0.2) is 98.2 Å². The van der Waals surface area contributed by atoms with Crippen LogP contribution in [-0.2, 0) is 50.1 Å². The van der Waals surface area contributed by atoms with Crippen molar-refractivity contribution in [2.45, 2.75) is 224 Å². The molecule has 0 bridgehead atoms. The van der Waals surface area contributed by atoms with Gasteiger partial charge >= 0.3 is 12.2 Å². The normalized spacial score (nSPS) is 14.2. The number of hydrogen-bond donors (Lipinski definition) is 7. The van der Waals surface area contributed by atoms with E-state index in [4.69, 9.17) is 9.47 Å². The van der Waals surface area contributed by atoms with Crippen LogP contribution in [0.4, 0.5) is 9.59 Å². The average molecular weight is 992 g/mol. The Hall–Kier alpha value is -4.94. The zero-order valence-electron chi connectivity index (χ0n) is 42.4. The number of alkyl carbamates (subject to hydrolysis) is 2. The van der Waals surface area contributed by atoms with Gasteiger partial charge in [-0.1, -0.05) is 114 Å². The smallest absolute Gasteiger partial charge is 0.407 e. The van der Waals surface area contributed by atoms with Crippen LogP contribution in [0, 0.1) is 0 Å². The van der Waals surface area contributed by atoms with Gasteiger partial charge in [-0.3, -0.25) is 28.7 Å². The first kappa shape index (κ1) is 60.2. The van der Waals surface area contributed by atoms with Gasteiger partial charge < -0.3 is 41.4 Å². The fourth-order valence-electron chi connectivity index (χ4n) is 7.28. The van der Waals surface area contributed by atoms with E-state index in [0.29, 0.717) is 44.9 Å². The predicted molar refractivity (Wildman–Crippen MR) is 266 cm³/mol. The number of benzene rings is 1. The molecule has 1 fully saturated rings. The topological polar surface area (TPSA) is 256 Å². The molecule has 7 amide bonds. The molecule has 1 aromatic rings. The second kappa shape index (κ2) is 33.6. The van der Waals surface area contributed by atoms with E-state index in [0.717, 1.165) is 24.8 Å². The van der Waals surface area contributed by atoms with Gasteiger partial charge in [0, 0.05) is 19.5 Å². The third-order valence-electron chi connectivity index (χ3n) is 11.5. The molecule has 1 saturated carbocycles. The maximum Gasteiger partial charge on any atom is 0.407 e. The highest BCUT2D eigenvalue weighted by Gasteiger charge is 2.38. The number of nitrogens with one attached hydrogen (secondary N) is 7. The molecule has 1 aromatic carbocycles. The lowest BCUT2D eigenvalue weighted by molar-refractivity contribution is -0.134. The third-order valence-corrected chi connectivity index (χ3v) is 13.3. The lowest BCUT2D eigenvalue weighted by Crippen LogP contribution is -2.57. The predicted octanol–water partition coefficient (Wildman–Crippen LogP) is 6.85. The Labute approximate surface area is 411 Å². The molecule has 392 valence electrons. The summed E-state index contributed by atoms with van der Waals surface area (Å²) in [5.74, 6) is -3.29. The van der Waals surface area contributed by atoms with E-state index < -0.39 is 80.9 Å². The maximum atomic E-state index is 13.6. The summed E-state index contributed by atoms with van der Waals surface area (Å²) in [4.78, 5) is 90.8. The summed E-state index contributed by atoms with van der Waals surface area (Å²) >= 11 is 0.